The topological polar surface area (TPSA) is 66.5 Å². The monoisotopic (exact) mass is 550 g/mol. The number of amides is 1. The van der Waals surface area contributed by atoms with E-state index in [1.807, 2.05) is 24.3 Å². The predicted octanol–water partition coefficient (Wildman–Crippen LogP) is 5.79. The van der Waals surface area contributed by atoms with Crippen LogP contribution in [0.3, 0.4) is 0 Å². The average molecular weight is 552 g/mol. The second-order valence-electron chi connectivity index (χ2n) is 8.56. The summed E-state index contributed by atoms with van der Waals surface area (Å²) in [4.78, 5) is 13.1. The Morgan fingerprint density at radius 3 is 2.37 bits per heavy atom. The summed E-state index contributed by atoms with van der Waals surface area (Å²) in [5.41, 5.74) is 1.65. The van der Waals surface area contributed by atoms with Crippen molar-refractivity contribution < 1.29 is 13.2 Å². The van der Waals surface area contributed by atoms with Crippen LogP contribution in [0.25, 0.3) is 10.8 Å². The minimum atomic E-state index is -3.93. The van der Waals surface area contributed by atoms with Gasteiger partial charge in [0.25, 0.3) is 10.0 Å². The molecule has 0 bridgehead atoms. The highest BCUT2D eigenvalue weighted by Gasteiger charge is 2.27. The molecule has 0 heterocycles. The molecule has 0 saturated heterocycles. The molecule has 0 aliphatic rings. The van der Waals surface area contributed by atoms with Gasteiger partial charge in [0.2, 0.25) is 5.91 Å². The van der Waals surface area contributed by atoms with Gasteiger partial charge in [-0.2, -0.15) is 0 Å². The van der Waals surface area contributed by atoms with Crippen LogP contribution in [0, 0.1) is 5.92 Å². The summed E-state index contributed by atoms with van der Waals surface area (Å²) in [6, 6.07) is 29.6. The van der Waals surface area contributed by atoms with E-state index < -0.39 is 10.0 Å². The highest BCUT2D eigenvalue weighted by Crippen LogP contribution is 2.26. The van der Waals surface area contributed by atoms with Crippen LogP contribution in [-0.4, -0.2) is 27.4 Å². The van der Waals surface area contributed by atoms with Gasteiger partial charge >= 0.3 is 0 Å². The summed E-state index contributed by atoms with van der Waals surface area (Å²) in [5.74, 6) is -0.177. The first kappa shape index (κ1) is 24.9. The van der Waals surface area contributed by atoms with E-state index in [0.717, 1.165) is 15.2 Å². The van der Waals surface area contributed by atoms with Crippen molar-refractivity contribution in [1.29, 1.82) is 0 Å². The van der Waals surface area contributed by atoms with E-state index >= 15 is 0 Å². The Balaban J connectivity index is 1.47. The lowest BCUT2D eigenvalue weighted by atomic mass is 9.96. The molecular weight excluding hydrogens is 524 g/mol. The van der Waals surface area contributed by atoms with Crippen LogP contribution in [0.1, 0.15) is 12.5 Å². The zero-order valence-electron chi connectivity index (χ0n) is 19.4. The fourth-order valence-electron chi connectivity index (χ4n) is 4.06. The molecule has 0 aliphatic carbocycles. The van der Waals surface area contributed by atoms with Crippen LogP contribution >= 0.6 is 15.9 Å². The maximum atomic E-state index is 13.4. The van der Waals surface area contributed by atoms with Crippen LogP contribution in [0.15, 0.2) is 106 Å². The molecule has 1 amide bonds. The molecular formula is C28H27BrN2O3S. The largest absolute Gasteiger partial charge is 0.354 e. The van der Waals surface area contributed by atoms with Gasteiger partial charge in [-0.15, -0.1) is 0 Å². The van der Waals surface area contributed by atoms with Crippen molar-refractivity contribution in [3.05, 3.63) is 107 Å². The first-order chi connectivity index (χ1) is 16.8. The van der Waals surface area contributed by atoms with Crippen molar-refractivity contribution in [1.82, 2.24) is 5.32 Å². The lowest BCUT2D eigenvalue weighted by molar-refractivity contribution is -0.119. The van der Waals surface area contributed by atoms with E-state index in [1.165, 1.54) is 28.5 Å². The van der Waals surface area contributed by atoms with Crippen molar-refractivity contribution in [3.8, 4) is 0 Å². The van der Waals surface area contributed by atoms with Gasteiger partial charge in [-0.25, -0.2) is 8.42 Å². The first-order valence-electron chi connectivity index (χ1n) is 11.4. The Morgan fingerprint density at radius 2 is 1.60 bits per heavy atom. The standard InChI is InChI=1S/C28H27BrN2O3S/c1-21(17-23-11-7-10-22-9-5-6-16-27(22)23)19-30-28(32)20-31(25-13-8-12-24(29)18-25)35(33,34)26-14-3-2-4-15-26/h2-16,18,21H,17,19-20H2,1H3,(H,30,32). The summed E-state index contributed by atoms with van der Waals surface area (Å²) >= 11 is 3.40. The Morgan fingerprint density at radius 1 is 0.914 bits per heavy atom. The third-order valence-electron chi connectivity index (χ3n) is 5.81. The predicted molar refractivity (Wildman–Crippen MR) is 145 cm³/mol. The molecule has 35 heavy (non-hydrogen) atoms. The van der Waals surface area contributed by atoms with Crippen molar-refractivity contribution in [2.45, 2.75) is 18.2 Å². The fourth-order valence-corrected chi connectivity index (χ4v) is 5.88. The second-order valence-corrected chi connectivity index (χ2v) is 11.3. The summed E-state index contributed by atoms with van der Waals surface area (Å²) in [7, 11) is -3.93. The number of carbonyl (C=O) groups is 1. The van der Waals surface area contributed by atoms with Crippen molar-refractivity contribution >= 4 is 48.3 Å². The van der Waals surface area contributed by atoms with Gasteiger partial charge in [-0.05, 0) is 59.0 Å². The molecule has 0 aliphatic heterocycles. The van der Waals surface area contributed by atoms with Crippen molar-refractivity contribution in [3.63, 3.8) is 0 Å². The maximum Gasteiger partial charge on any atom is 0.264 e. The molecule has 1 N–H and O–H groups in total. The average Bonchev–Trinajstić information content (AvgIpc) is 2.87. The van der Waals surface area contributed by atoms with E-state index in [1.54, 1.807) is 36.4 Å². The lowest BCUT2D eigenvalue weighted by Crippen LogP contribution is -2.42. The van der Waals surface area contributed by atoms with Gasteiger partial charge in [0.05, 0.1) is 10.6 Å². The Bertz CT molecular complexity index is 1420. The van der Waals surface area contributed by atoms with E-state index in [9.17, 15) is 13.2 Å². The number of fused-ring (bicyclic) bond motifs is 1. The highest BCUT2D eigenvalue weighted by molar-refractivity contribution is 9.10. The molecule has 7 heteroatoms. The maximum absolute atomic E-state index is 13.4. The molecule has 180 valence electrons. The van der Waals surface area contributed by atoms with Crippen LogP contribution < -0.4 is 9.62 Å². The molecule has 1 unspecified atom stereocenters. The number of anilines is 1. The Hall–Kier alpha value is -3.16. The van der Waals surface area contributed by atoms with Crippen molar-refractivity contribution in [2.24, 2.45) is 5.92 Å². The number of carbonyl (C=O) groups excluding carboxylic acids is 1. The summed E-state index contributed by atoms with van der Waals surface area (Å²) in [6.45, 7) is 2.21. The number of hydrogen-bond donors (Lipinski definition) is 1. The van der Waals surface area contributed by atoms with E-state index in [2.05, 4.69) is 52.4 Å². The molecule has 4 aromatic rings. The quantitative estimate of drug-likeness (QED) is 0.286. The summed E-state index contributed by atoms with van der Waals surface area (Å²) in [6.07, 6.45) is 0.805. The number of rotatable bonds is 9. The molecule has 4 aromatic carbocycles. The highest BCUT2D eigenvalue weighted by atomic mass is 79.9. The number of benzene rings is 4. The third kappa shape index (κ3) is 6.10. The molecule has 0 aromatic heterocycles. The van der Waals surface area contributed by atoms with Crippen LogP contribution in [0.2, 0.25) is 0 Å². The number of nitrogens with zero attached hydrogens (tertiary/aromatic N) is 1. The third-order valence-corrected chi connectivity index (χ3v) is 8.09. The van der Waals surface area contributed by atoms with Crippen LogP contribution in [0.4, 0.5) is 5.69 Å². The zero-order chi connectivity index (χ0) is 24.8. The van der Waals surface area contributed by atoms with Crippen LogP contribution in [-0.2, 0) is 21.2 Å². The van der Waals surface area contributed by atoms with E-state index in [4.69, 9.17) is 0 Å². The van der Waals surface area contributed by atoms with Gasteiger partial charge in [-0.1, -0.05) is 89.6 Å². The minimum Gasteiger partial charge on any atom is -0.354 e. The Labute approximate surface area is 215 Å². The van der Waals surface area contributed by atoms with Gasteiger partial charge in [0.1, 0.15) is 6.54 Å². The van der Waals surface area contributed by atoms with Gasteiger partial charge in [0.15, 0.2) is 0 Å². The molecule has 0 radical (unpaired) electrons. The molecule has 4 rings (SSSR count). The molecule has 0 spiro atoms. The van der Waals surface area contributed by atoms with Gasteiger partial charge in [0, 0.05) is 11.0 Å². The number of sulfonamides is 1. The fraction of sp³-hybridized carbons (Fsp3) is 0.179. The zero-order valence-corrected chi connectivity index (χ0v) is 21.8. The van der Waals surface area contributed by atoms with Crippen molar-refractivity contribution in [2.75, 3.05) is 17.4 Å². The summed E-state index contributed by atoms with van der Waals surface area (Å²) in [5, 5.41) is 5.34. The van der Waals surface area contributed by atoms with E-state index in [0.29, 0.717) is 12.2 Å². The van der Waals surface area contributed by atoms with E-state index in [-0.39, 0.29) is 23.3 Å². The number of hydrogen-bond acceptors (Lipinski definition) is 3. The smallest absolute Gasteiger partial charge is 0.264 e. The number of halogens is 1. The second kappa shape index (κ2) is 11.1. The van der Waals surface area contributed by atoms with Crippen LogP contribution in [0.5, 0.6) is 0 Å². The lowest BCUT2D eigenvalue weighted by Gasteiger charge is -2.24. The molecule has 1 atom stereocenters. The SMILES string of the molecule is CC(CNC(=O)CN(c1cccc(Br)c1)S(=O)(=O)c1ccccc1)Cc1cccc2ccccc12. The summed E-state index contributed by atoms with van der Waals surface area (Å²) < 4.78 is 28.7. The first-order valence-corrected chi connectivity index (χ1v) is 13.6. The molecule has 5 nitrogen and oxygen atoms in total. The molecule has 0 fully saturated rings. The minimum absolute atomic E-state index is 0.136. The van der Waals surface area contributed by atoms with Gasteiger partial charge in [-0.3, -0.25) is 9.10 Å². The van der Waals surface area contributed by atoms with Gasteiger partial charge < -0.3 is 5.32 Å². The Kier molecular flexibility index (Phi) is 7.88. The molecule has 0 saturated carbocycles. The number of nitrogens with one attached hydrogen (secondary N) is 1. The normalized spacial score (nSPS) is 12.3.